The summed E-state index contributed by atoms with van der Waals surface area (Å²) in [6.07, 6.45) is 3.27. The summed E-state index contributed by atoms with van der Waals surface area (Å²) in [6.45, 7) is 4.11. The number of benzene rings is 3. The average molecular weight is 399 g/mol. The third-order valence-corrected chi connectivity index (χ3v) is 4.64. The van der Waals surface area contributed by atoms with Crippen molar-refractivity contribution in [1.29, 1.82) is 0 Å². The maximum absolute atomic E-state index is 12.6. The topological polar surface area (TPSA) is 78.7 Å². The highest BCUT2D eigenvalue weighted by molar-refractivity contribution is 6.14. The van der Waals surface area contributed by atoms with Gasteiger partial charge in [0.25, 0.3) is 5.69 Å². The number of carbonyl (C=O) groups is 1. The zero-order valence-electron chi connectivity index (χ0n) is 15.9. The largest absolute Gasteiger partial charge is 0.489 e. The minimum Gasteiger partial charge on any atom is -0.489 e. The fourth-order valence-corrected chi connectivity index (χ4v) is 3.05. The molecule has 3 aromatic carbocycles. The molecule has 6 nitrogen and oxygen atoms in total. The lowest BCUT2D eigenvalue weighted by Gasteiger charge is -2.07. The number of nitro groups is 1. The quantitative estimate of drug-likeness (QED) is 0.314. The van der Waals surface area contributed by atoms with Crippen LogP contribution in [0.15, 0.2) is 79.1 Å². The van der Waals surface area contributed by atoms with Crippen LogP contribution in [-0.4, -0.2) is 10.7 Å². The standard InChI is InChI=1S/C24H17NO5/c1-2-16-6-8-17(9-7-16)15-29-20-10-11-21-22(14-20)30-23(24(21)26)13-18-4-3-5-19(12-18)25(27)28/h2-14H,1,15H2. The Labute approximate surface area is 172 Å². The van der Waals surface area contributed by atoms with E-state index in [2.05, 4.69) is 6.58 Å². The Morgan fingerprint density at radius 2 is 1.83 bits per heavy atom. The van der Waals surface area contributed by atoms with Crippen LogP contribution in [0.1, 0.15) is 27.0 Å². The fraction of sp³-hybridized carbons (Fsp3) is 0.0417. The SMILES string of the molecule is C=Cc1ccc(COc2ccc3c(c2)OC(=Cc2cccc([N+](=O)[O-])c2)C3=O)cc1. The average Bonchev–Trinajstić information content (AvgIpc) is 3.07. The fourth-order valence-electron chi connectivity index (χ4n) is 3.05. The Kier molecular flexibility index (Phi) is 5.13. The van der Waals surface area contributed by atoms with Gasteiger partial charge in [0.15, 0.2) is 5.76 Å². The third kappa shape index (κ3) is 3.98. The smallest absolute Gasteiger partial charge is 0.270 e. The number of non-ortho nitro benzene ring substituents is 1. The van der Waals surface area contributed by atoms with Crippen LogP contribution < -0.4 is 9.47 Å². The van der Waals surface area contributed by atoms with E-state index in [4.69, 9.17) is 9.47 Å². The van der Waals surface area contributed by atoms with Crippen molar-refractivity contribution in [2.75, 3.05) is 0 Å². The molecule has 0 bridgehead atoms. The Hall–Kier alpha value is -4.19. The van der Waals surface area contributed by atoms with Gasteiger partial charge in [0.2, 0.25) is 5.78 Å². The number of nitro benzene ring substituents is 1. The number of nitrogens with zero attached hydrogens (tertiary/aromatic N) is 1. The number of hydrogen-bond donors (Lipinski definition) is 0. The summed E-state index contributed by atoms with van der Waals surface area (Å²) in [5, 5.41) is 10.9. The Morgan fingerprint density at radius 3 is 2.57 bits per heavy atom. The molecule has 1 aliphatic heterocycles. The summed E-state index contributed by atoms with van der Waals surface area (Å²) in [4.78, 5) is 23.0. The summed E-state index contributed by atoms with van der Waals surface area (Å²) in [5.74, 6) is 0.813. The van der Waals surface area contributed by atoms with E-state index in [1.54, 1.807) is 36.4 Å². The van der Waals surface area contributed by atoms with Crippen LogP contribution in [-0.2, 0) is 6.61 Å². The molecule has 0 spiro atoms. The van der Waals surface area contributed by atoms with Gasteiger partial charge in [-0.15, -0.1) is 0 Å². The molecule has 0 atom stereocenters. The molecule has 0 aromatic heterocycles. The Morgan fingerprint density at radius 1 is 1.03 bits per heavy atom. The molecule has 0 aliphatic carbocycles. The first-order chi connectivity index (χ1) is 14.5. The third-order valence-electron chi connectivity index (χ3n) is 4.64. The molecule has 3 aromatic rings. The van der Waals surface area contributed by atoms with Crippen LogP contribution in [0.4, 0.5) is 5.69 Å². The number of rotatable bonds is 6. The molecule has 0 radical (unpaired) electrons. The van der Waals surface area contributed by atoms with Crippen LogP contribution in [0.5, 0.6) is 11.5 Å². The second kappa shape index (κ2) is 8.05. The van der Waals surface area contributed by atoms with Crippen molar-refractivity contribution >= 4 is 23.6 Å². The van der Waals surface area contributed by atoms with Crippen molar-refractivity contribution in [1.82, 2.24) is 0 Å². The zero-order chi connectivity index (χ0) is 21.1. The Balaban J connectivity index is 1.50. The molecule has 0 fully saturated rings. The van der Waals surface area contributed by atoms with Gasteiger partial charge in [-0.2, -0.15) is 0 Å². The van der Waals surface area contributed by atoms with Crippen molar-refractivity contribution in [3.05, 3.63) is 111 Å². The van der Waals surface area contributed by atoms with Crippen molar-refractivity contribution in [3.8, 4) is 11.5 Å². The number of fused-ring (bicyclic) bond motifs is 1. The van der Waals surface area contributed by atoms with E-state index in [0.717, 1.165) is 11.1 Å². The molecule has 0 unspecified atom stereocenters. The van der Waals surface area contributed by atoms with Crippen LogP contribution in [0.3, 0.4) is 0 Å². The molecule has 0 saturated carbocycles. The maximum atomic E-state index is 12.6. The van der Waals surface area contributed by atoms with Gasteiger partial charge in [-0.05, 0) is 34.9 Å². The number of ether oxygens (including phenoxy) is 2. The second-order valence-corrected chi connectivity index (χ2v) is 6.68. The highest BCUT2D eigenvalue weighted by Gasteiger charge is 2.27. The summed E-state index contributed by atoms with van der Waals surface area (Å²) in [6, 6.07) is 18.9. The van der Waals surface area contributed by atoms with Crippen molar-refractivity contribution in [3.63, 3.8) is 0 Å². The van der Waals surface area contributed by atoms with Crippen LogP contribution in [0.2, 0.25) is 0 Å². The first-order valence-corrected chi connectivity index (χ1v) is 9.20. The first-order valence-electron chi connectivity index (χ1n) is 9.20. The first kappa shape index (κ1) is 19.1. The van der Waals surface area contributed by atoms with Gasteiger partial charge in [-0.1, -0.05) is 49.1 Å². The molecular formula is C24H17NO5. The molecule has 1 heterocycles. The molecule has 4 rings (SSSR count). The summed E-state index contributed by atoms with van der Waals surface area (Å²) < 4.78 is 11.5. The van der Waals surface area contributed by atoms with Gasteiger partial charge >= 0.3 is 0 Å². The van der Waals surface area contributed by atoms with E-state index >= 15 is 0 Å². The highest BCUT2D eigenvalue weighted by atomic mass is 16.6. The van der Waals surface area contributed by atoms with Crippen molar-refractivity contribution < 1.29 is 19.2 Å². The predicted molar refractivity (Wildman–Crippen MR) is 113 cm³/mol. The van der Waals surface area contributed by atoms with Gasteiger partial charge in [-0.3, -0.25) is 14.9 Å². The van der Waals surface area contributed by atoms with E-state index in [-0.39, 0.29) is 17.2 Å². The van der Waals surface area contributed by atoms with E-state index < -0.39 is 4.92 Å². The monoisotopic (exact) mass is 399 g/mol. The lowest BCUT2D eigenvalue weighted by Crippen LogP contribution is -1.98. The molecule has 1 aliphatic rings. The zero-order valence-corrected chi connectivity index (χ0v) is 15.9. The van der Waals surface area contributed by atoms with E-state index in [0.29, 0.717) is 29.2 Å². The molecular weight excluding hydrogens is 382 g/mol. The molecule has 30 heavy (non-hydrogen) atoms. The molecule has 6 heteroatoms. The lowest BCUT2D eigenvalue weighted by atomic mass is 10.1. The molecule has 148 valence electrons. The van der Waals surface area contributed by atoms with E-state index in [9.17, 15) is 14.9 Å². The molecule has 0 amide bonds. The molecule has 0 N–H and O–H groups in total. The van der Waals surface area contributed by atoms with E-state index in [1.807, 2.05) is 24.3 Å². The normalized spacial score (nSPS) is 13.6. The summed E-state index contributed by atoms with van der Waals surface area (Å²) in [7, 11) is 0. The maximum Gasteiger partial charge on any atom is 0.270 e. The van der Waals surface area contributed by atoms with Crippen molar-refractivity contribution in [2.45, 2.75) is 6.61 Å². The number of Topliss-reactive ketones (excluding diaryl/α,β-unsaturated/α-hetero) is 1. The second-order valence-electron chi connectivity index (χ2n) is 6.68. The van der Waals surface area contributed by atoms with E-state index in [1.165, 1.54) is 18.2 Å². The lowest BCUT2D eigenvalue weighted by molar-refractivity contribution is -0.384. The Bertz CT molecular complexity index is 1180. The van der Waals surface area contributed by atoms with Gasteiger partial charge in [0, 0.05) is 18.2 Å². The van der Waals surface area contributed by atoms with Gasteiger partial charge in [-0.25, -0.2) is 0 Å². The van der Waals surface area contributed by atoms with Gasteiger partial charge < -0.3 is 9.47 Å². The van der Waals surface area contributed by atoms with Crippen molar-refractivity contribution in [2.24, 2.45) is 0 Å². The number of hydrogen-bond acceptors (Lipinski definition) is 5. The molecule has 0 saturated heterocycles. The number of ketones is 1. The minimum atomic E-state index is -0.483. The van der Waals surface area contributed by atoms with Crippen LogP contribution in [0.25, 0.3) is 12.2 Å². The number of allylic oxidation sites excluding steroid dienone is 1. The predicted octanol–water partition coefficient (Wildman–Crippen LogP) is 5.43. The minimum absolute atomic E-state index is 0.0517. The number of carbonyl (C=O) groups excluding carboxylic acids is 1. The van der Waals surface area contributed by atoms with Gasteiger partial charge in [0.1, 0.15) is 18.1 Å². The van der Waals surface area contributed by atoms with Gasteiger partial charge in [0.05, 0.1) is 10.5 Å². The highest BCUT2D eigenvalue weighted by Crippen LogP contribution is 2.35. The summed E-state index contributed by atoms with van der Waals surface area (Å²) in [5.41, 5.74) is 2.92. The summed E-state index contributed by atoms with van der Waals surface area (Å²) >= 11 is 0. The van der Waals surface area contributed by atoms with Crippen LogP contribution >= 0.6 is 0 Å². The van der Waals surface area contributed by atoms with Crippen LogP contribution in [0, 0.1) is 10.1 Å².